The summed E-state index contributed by atoms with van der Waals surface area (Å²) >= 11 is 0. The SMILES string of the molecule is CCCCCCC/C=C\C/C=C\C/C=C\CCCCCCCCCCCCC(=O)NC(COC1OC(CO)C(OC2OC(CO)C(OC3OC(CO)C(O)C(O)C3O)C(O)C2O)C(O)C1O)C(O)/C=C/CC/C=C/CCCCCCCCCCCCCCCCC. The molecule has 1 amide bonds. The van der Waals surface area contributed by atoms with Crippen LogP contribution in [0.1, 0.15) is 258 Å². The van der Waals surface area contributed by atoms with Crippen molar-refractivity contribution in [3.63, 3.8) is 0 Å². The summed E-state index contributed by atoms with van der Waals surface area (Å²) < 4.78 is 34.4. The van der Waals surface area contributed by atoms with Gasteiger partial charge in [-0.1, -0.05) is 242 Å². The van der Waals surface area contributed by atoms with Crippen molar-refractivity contribution < 1.29 is 89.4 Å². The Morgan fingerprint density at radius 3 is 1.18 bits per heavy atom. The molecular weight excluding hydrogens is 1170 g/mol. The monoisotopic (exact) mass is 1300 g/mol. The van der Waals surface area contributed by atoms with Crippen LogP contribution in [-0.2, 0) is 33.2 Å². The summed E-state index contributed by atoms with van der Waals surface area (Å²) in [6.07, 6.45) is 39.0. The molecule has 0 aromatic rings. The lowest BCUT2D eigenvalue weighted by Crippen LogP contribution is -2.66. The summed E-state index contributed by atoms with van der Waals surface area (Å²) in [5.74, 6) is -0.289. The number of allylic oxidation sites excluding steroid dienone is 9. The molecule has 91 heavy (non-hydrogen) atoms. The molecule has 530 valence electrons. The Morgan fingerprint density at radius 2 is 0.736 bits per heavy atom. The van der Waals surface area contributed by atoms with Gasteiger partial charge in [0, 0.05) is 6.42 Å². The molecule has 3 heterocycles. The second kappa shape index (κ2) is 53.6. The van der Waals surface area contributed by atoms with Crippen molar-refractivity contribution in [2.45, 2.75) is 362 Å². The van der Waals surface area contributed by atoms with Gasteiger partial charge in [-0.2, -0.15) is 0 Å². The number of amides is 1. The lowest BCUT2D eigenvalue weighted by atomic mass is 9.96. The molecule has 0 bridgehead atoms. The number of hydrogen-bond donors (Lipinski definition) is 12. The number of carbonyl (C=O) groups excluding carboxylic acids is 1. The predicted octanol–water partition coefficient (Wildman–Crippen LogP) is 9.94. The van der Waals surface area contributed by atoms with Crippen LogP contribution in [-0.4, -0.2) is 193 Å². The lowest BCUT2D eigenvalue weighted by Gasteiger charge is -2.48. The van der Waals surface area contributed by atoms with Gasteiger partial charge >= 0.3 is 0 Å². The zero-order valence-corrected chi connectivity index (χ0v) is 56.1. The first-order valence-electron chi connectivity index (χ1n) is 36.0. The van der Waals surface area contributed by atoms with Crippen LogP contribution < -0.4 is 5.32 Å². The van der Waals surface area contributed by atoms with Crippen LogP contribution in [0.25, 0.3) is 0 Å². The Hall–Kier alpha value is -2.51. The minimum atomic E-state index is -1.98. The van der Waals surface area contributed by atoms with E-state index in [4.69, 9.17) is 28.4 Å². The van der Waals surface area contributed by atoms with Crippen LogP contribution in [0.15, 0.2) is 60.8 Å². The fourth-order valence-electron chi connectivity index (χ4n) is 11.9. The fraction of sp³-hybridized carbons (Fsp3) is 0.847. The van der Waals surface area contributed by atoms with Crippen molar-refractivity contribution >= 4 is 5.91 Å². The number of carbonyl (C=O) groups is 1. The molecule has 17 unspecified atom stereocenters. The van der Waals surface area contributed by atoms with Gasteiger partial charge in [-0.25, -0.2) is 0 Å². The minimum Gasteiger partial charge on any atom is -0.394 e. The maximum absolute atomic E-state index is 13.4. The van der Waals surface area contributed by atoms with Crippen molar-refractivity contribution in [3.05, 3.63) is 60.8 Å². The Bertz CT molecular complexity index is 1890. The largest absolute Gasteiger partial charge is 0.394 e. The third kappa shape index (κ3) is 35.4. The highest BCUT2D eigenvalue weighted by Crippen LogP contribution is 2.33. The molecule has 3 fully saturated rings. The Morgan fingerprint density at radius 1 is 0.396 bits per heavy atom. The molecule has 0 saturated carbocycles. The van der Waals surface area contributed by atoms with Crippen LogP contribution in [0, 0.1) is 0 Å². The van der Waals surface area contributed by atoms with E-state index in [-0.39, 0.29) is 18.9 Å². The molecule has 19 nitrogen and oxygen atoms in total. The summed E-state index contributed by atoms with van der Waals surface area (Å²) in [6, 6.07) is -0.995. The fourth-order valence-corrected chi connectivity index (χ4v) is 11.9. The van der Waals surface area contributed by atoms with E-state index in [9.17, 15) is 61.0 Å². The van der Waals surface area contributed by atoms with Gasteiger partial charge in [-0.05, 0) is 70.6 Å². The molecule has 0 spiro atoms. The van der Waals surface area contributed by atoms with Crippen LogP contribution in [0.2, 0.25) is 0 Å². The highest BCUT2D eigenvalue weighted by molar-refractivity contribution is 5.76. The maximum atomic E-state index is 13.4. The van der Waals surface area contributed by atoms with Crippen LogP contribution >= 0.6 is 0 Å². The van der Waals surface area contributed by atoms with Gasteiger partial charge in [0.2, 0.25) is 5.91 Å². The van der Waals surface area contributed by atoms with Crippen molar-refractivity contribution in [2.75, 3.05) is 26.4 Å². The summed E-state index contributed by atoms with van der Waals surface area (Å²) in [7, 11) is 0. The van der Waals surface area contributed by atoms with Crippen LogP contribution in [0.4, 0.5) is 0 Å². The summed E-state index contributed by atoms with van der Waals surface area (Å²) in [6.45, 7) is 1.72. The summed E-state index contributed by atoms with van der Waals surface area (Å²) in [5, 5.41) is 121. The molecule has 0 radical (unpaired) electrons. The first kappa shape index (κ1) is 82.7. The third-order valence-corrected chi connectivity index (χ3v) is 17.8. The van der Waals surface area contributed by atoms with E-state index >= 15 is 0 Å². The molecule has 0 aromatic carbocycles. The number of unbranched alkanes of at least 4 members (excludes halogenated alkanes) is 31. The molecule has 17 atom stereocenters. The van der Waals surface area contributed by atoms with Gasteiger partial charge in [-0.15, -0.1) is 0 Å². The molecule has 3 rings (SSSR count). The number of hydrogen-bond acceptors (Lipinski definition) is 18. The van der Waals surface area contributed by atoms with E-state index in [0.717, 1.165) is 64.2 Å². The zero-order valence-electron chi connectivity index (χ0n) is 56.1. The molecule has 19 heteroatoms. The van der Waals surface area contributed by atoms with E-state index in [2.05, 4.69) is 67.8 Å². The Kier molecular flexibility index (Phi) is 48.7. The minimum absolute atomic E-state index is 0.229. The topological polar surface area (TPSA) is 307 Å². The lowest BCUT2D eigenvalue weighted by molar-refractivity contribution is -0.379. The van der Waals surface area contributed by atoms with Crippen molar-refractivity contribution in [1.82, 2.24) is 5.32 Å². The van der Waals surface area contributed by atoms with Gasteiger partial charge in [-0.3, -0.25) is 4.79 Å². The highest BCUT2D eigenvalue weighted by atomic mass is 16.8. The van der Waals surface area contributed by atoms with E-state index in [1.54, 1.807) is 6.08 Å². The average Bonchev–Trinajstić information content (AvgIpc) is 0.883. The molecule has 3 aliphatic heterocycles. The number of ether oxygens (including phenoxy) is 6. The van der Waals surface area contributed by atoms with Gasteiger partial charge in [0.25, 0.3) is 0 Å². The van der Waals surface area contributed by atoms with Crippen molar-refractivity contribution in [1.29, 1.82) is 0 Å². The van der Waals surface area contributed by atoms with Gasteiger partial charge in [0.05, 0.1) is 38.6 Å². The standard InChI is InChI=1S/C72H129NO18/c1-3-5-7-9-11-13-15-17-19-21-23-25-26-27-28-30-32-34-36-38-40-42-44-46-48-50-60(78)73-55(56(77)49-47-45-43-41-39-37-35-33-31-29-24-22-20-18-16-14-12-10-8-6-4-2)54-86-70-66(84)63(81)68(58(52-75)88-70)91-72-67(85)64(82)69(59(53-76)89-72)90-71-65(83)62(80)61(79)57(51-74)87-71/h15,17,21,23,26-27,39,41,47,49,55-59,61-72,74-77,79-85H,3-14,16,18-20,22,24-25,28-38,40,42-46,48,50-54H2,1-2H3,(H,73,78)/b17-15-,23-21-,27-26-,41-39+,49-47+. The number of rotatable bonds is 55. The molecule has 3 saturated heterocycles. The zero-order chi connectivity index (χ0) is 66.1. The number of aliphatic hydroxyl groups is 11. The van der Waals surface area contributed by atoms with E-state index in [0.29, 0.717) is 12.8 Å². The van der Waals surface area contributed by atoms with Crippen LogP contribution in [0.5, 0.6) is 0 Å². The summed E-state index contributed by atoms with van der Waals surface area (Å²) in [4.78, 5) is 13.4. The van der Waals surface area contributed by atoms with Crippen molar-refractivity contribution in [3.8, 4) is 0 Å². The highest BCUT2D eigenvalue weighted by Gasteiger charge is 2.53. The van der Waals surface area contributed by atoms with Gasteiger partial charge < -0.3 is 89.9 Å². The smallest absolute Gasteiger partial charge is 0.220 e. The van der Waals surface area contributed by atoms with Crippen molar-refractivity contribution in [2.24, 2.45) is 0 Å². The predicted molar refractivity (Wildman–Crippen MR) is 355 cm³/mol. The second-order valence-corrected chi connectivity index (χ2v) is 25.7. The first-order valence-corrected chi connectivity index (χ1v) is 36.0. The van der Waals surface area contributed by atoms with Crippen LogP contribution in [0.3, 0.4) is 0 Å². The van der Waals surface area contributed by atoms with E-state index in [1.807, 2.05) is 6.08 Å². The van der Waals surface area contributed by atoms with E-state index in [1.165, 1.54) is 161 Å². The van der Waals surface area contributed by atoms with Gasteiger partial charge in [0.15, 0.2) is 18.9 Å². The number of aliphatic hydroxyl groups excluding tert-OH is 11. The van der Waals surface area contributed by atoms with Gasteiger partial charge in [0.1, 0.15) is 73.2 Å². The van der Waals surface area contributed by atoms with E-state index < -0.39 is 124 Å². The Labute approximate surface area is 547 Å². The first-order chi connectivity index (χ1) is 44.3. The normalized spacial score (nSPS) is 28.2. The molecule has 0 aromatic heterocycles. The molecule has 0 aliphatic carbocycles. The average molecular weight is 1300 g/mol. The maximum Gasteiger partial charge on any atom is 0.220 e. The molecule has 3 aliphatic rings. The summed E-state index contributed by atoms with van der Waals surface area (Å²) in [5.41, 5.74) is 0. The molecule has 12 N–H and O–H groups in total. The Balaban J connectivity index is 1.44. The second-order valence-electron chi connectivity index (χ2n) is 25.7. The quantitative estimate of drug-likeness (QED) is 0.0199. The third-order valence-electron chi connectivity index (χ3n) is 17.8. The molecular formula is C72H129NO18. The number of nitrogens with one attached hydrogen (secondary N) is 1.